The van der Waals surface area contributed by atoms with Crippen LogP contribution in [0.4, 0.5) is 0 Å². The van der Waals surface area contributed by atoms with Gasteiger partial charge in [0.15, 0.2) is 0 Å². The van der Waals surface area contributed by atoms with Crippen LogP contribution in [0.25, 0.3) is 28.3 Å². The van der Waals surface area contributed by atoms with Gasteiger partial charge in [0.2, 0.25) is 0 Å². The first-order valence-electron chi connectivity index (χ1n) is 16.9. The Bertz CT molecular complexity index is 1610. The van der Waals surface area contributed by atoms with Crippen LogP contribution in [0, 0.1) is 31.1 Å². The molecule has 0 aliphatic heterocycles. The Balaban J connectivity index is 1.42. The zero-order valence-corrected chi connectivity index (χ0v) is 28.0. The van der Waals surface area contributed by atoms with E-state index in [1.54, 1.807) is 5.57 Å². The summed E-state index contributed by atoms with van der Waals surface area (Å²) in [5.41, 5.74) is 18.9. The van der Waals surface area contributed by atoms with Crippen molar-refractivity contribution in [2.75, 3.05) is 0 Å². The normalized spacial score (nSPS) is 21.8. The fraction of sp³-hybridized carbons (Fsp3) is 0.442. The number of hydrogen-bond acceptors (Lipinski definition) is 0. The van der Waals surface area contributed by atoms with E-state index in [1.807, 2.05) is 0 Å². The number of hydrogen-bond donors (Lipinski definition) is 0. The second kappa shape index (κ2) is 11.4. The minimum Gasteiger partial charge on any atom is -0.0995 e. The SMILES string of the molecule is C=C(C)[C@@H](CC(C)(C)C)c1c(C)cc2c(c1-c1ccc(C)cc1)CC(c1ccc3c(c1)C(C1CC[C@H](CC)C1)=CC3C)=C2. The summed E-state index contributed by atoms with van der Waals surface area (Å²) < 4.78 is 0. The Morgan fingerprint density at radius 2 is 1.70 bits per heavy atom. The predicted molar refractivity (Wildman–Crippen MR) is 189 cm³/mol. The highest BCUT2D eigenvalue weighted by molar-refractivity contribution is 5.94. The molecule has 224 valence electrons. The maximum Gasteiger partial charge on any atom is 0.00565 e. The fourth-order valence-corrected chi connectivity index (χ4v) is 8.41. The molecule has 3 aliphatic rings. The van der Waals surface area contributed by atoms with Gasteiger partial charge in [-0.2, -0.15) is 0 Å². The van der Waals surface area contributed by atoms with Gasteiger partial charge >= 0.3 is 0 Å². The van der Waals surface area contributed by atoms with Crippen LogP contribution in [0.1, 0.15) is 130 Å². The highest BCUT2D eigenvalue weighted by Gasteiger charge is 2.33. The van der Waals surface area contributed by atoms with E-state index in [4.69, 9.17) is 0 Å². The Morgan fingerprint density at radius 3 is 2.35 bits per heavy atom. The number of fused-ring (bicyclic) bond motifs is 2. The largest absolute Gasteiger partial charge is 0.0995 e. The third-order valence-corrected chi connectivity index (χ3v) is 10.7. The van der Waals surface area contributed by atoms with E-state index in [1.165, 1.54) is 92.5 Å². The lowest BCUT2D eigenvalue weighted by molar-refractivity contribution is 0.355. The van der Waals surface area contributed by atoms with Crippen LogP contribution in [-0.2, 0) is 6.42 Å². The molecule has 0 radical (unpaired) electrons. The highest BCUT2D eigenvalue weighted by atomic mass is 14.4. The molecule has 0 heteroatoms. The number of aryl methyl sites for hydroxylation is 2. The van der Waals surface area contributed by atoms with Crippen molar-refractivity contribution in [1.29, 1.82) is 0 Å². The van der Waals surface area contributed by atoms with Crippen LogP contribution in [0.2, 0.25) is 0 Å². The molecular formula is C43H52. The van der Waals surface area contributed by atoms with Gasteiger partial charge < -0.3 is 0 Å². The van der Waals surface area contributed by atoms with E-state index in [0.717, 1.165) is 24.7 Å². The lowest BCUT2D eigenvalue weighted by Crippen LogP contribution is -2.15. The van der Waals surface area contributed by atoms with Crippen LogP contribution in [-0.4, -0.2) is 0 Å². The second-order valence-electron chi connectivity index (χ2n) is 15.4. The summed E-state index contributed by atoms with van der Waals surface area (Å²) in [7, 11) is 0. The average Bonchev–Trinajstić information content (AvgIpc) is 3.68. The number of rotatable bonds is 7. The molecule has 6 rings (SSSR count). The minimum absolute atomic E-state index is 0.215. The van der Waals surface area contributed by atoms with Gasteiger partial charge in [0.1, 0.15) is 0 Å². The van der Waals surface area contributed by atoms with Gasteiger partial charge in [-0.25, -0.2) is 0 Å². The van der Waals surface area contributed by atoms with Crippen molar-refractivity contribution in [3.63, 3.8) is 0 Å². The van der Waals surface area contributed by atoms with Gasteiger partial charge in [-0.05, 0) is 137 Å². The van der Waals surface area contributed by atoms with Crippen molar-refractivity contribution in [2.24, 2.45) is 17.3 Å². The smallest absolute Gasteiger partial charge is 0.00565 e. The van der Waals surface area contributed by atoms with Gasteiger partial charge in [0.05, 0.1) is 0 Å². The van der Waals surface area contributed by atoms with Gasteiger partial charge in [-0.1, -0.05) is 113 Å². The van der Waals surface area contributed by atoms with E-state index in [0.29, 0.717) is 11.8 Å². The third kappa shape index (κ3) is 5.75. The Kier molecular flexibility index (Phi) is 7.95. The molecule has 0 heterocycles. The van der Waals surface area contributed by atoms with Crippen molar-refractivity contribution >= 4 is 17.2 Å². The molecule has 0 bridgehead atoms. The molecule has 0 nitrogen and oxygen atoms in total. The van der Waals surface area contributed by atoms with Gasteiger partial charge in [-0.15, -0.1) is 0 Å². The molecule has 0 spiro atoms. The summed E-state index contributed by atoms with van der Waals surface area (Å²) in [5.74, 6) is 2.49. The van der Waals surface area contributed by atoms with Crippen LogP contribution in [0.15, 0.2) is 66.8 Å². The topological polar surface area (TPSA) is 0 Å². The molecule has 4 atom stereocenters. The number of benzene rings is 3. The standard InChI is InChI=1S/C43H52/c1-10-30-13-16-33(21-30)37-20-28(5)36-18-17-32(23-39(36)37)34-22-35-19-29(6)41(40(26(2)3)25-43(7,8)9)42(38(35)24-34)31-14-11-27(4)12-15-31/h11-12,14-15,17-20,22-23,28,30,33,40H,2,10,13,16,21,24-25H2,1,3-9H3/t28?,30-,33?,40+/m0/s1. The van der Waals surface area contributed by atoms with E-state index in [-0.39, 0.29) is 5.41 Å². The molecule has 2 unspecified atom stereocenters. The van der Waals surface area contributed by atoms with Crippen molar-refractivity contribution in [3.05, 3.63) is 111 Å². The molecule has 0 aromatic heterocycles. The lowest BCUT2D eigenvalue weighted by atomic mass is 9.73. The summed E-state index contributed by atoms with van der Waals surface area (Å²) in [6.07, 6.45) is 12.6. The molecule has 3 aliphatic carbocycles. The minimum atomic E-state index is 0.215. The van der Waals surface area contributed by atoms with E-state index in [2.05, 4.69) is 123 Å². The van der Waals surface area contributed by atoms with Crippen LogP contribution in [0.5, 0.6) is 0 Å². The summed E-state index contributed by atoms with van der Waals surface area (Å²) in [4.78, 5) is 0. The molecule has 1 fully saturated rings. The van der Waals surface area contributed by atoms with Crippen molar-refractivity contribution < 1.29 is 0 Å². The van der Waals surface area contributed by atoms with Crippen molar-refractivity contribution in [3.8, 4) is 11.1 Å². The van der Waals surface area contributed by atoms with E-state index < -0.39 is 0 Å². The van der Waals surface area contributed by atoms with Crippen molar-refractivity contribution in [1.82, 2.24) is 0 Å². The highest BCUT2D eigenvalue weighted by Crippen LogP contribution is 2.50. The summed E-state index contributed by atoms with van der Waals surface area (Å²) in [5, 5.41) is 0. The molecule has 3 aromatic rings. The molecule has 3 aromatic carbocycles. The predicted octanol–water partition coefficient (Wildman–Crippen LogP) is 12.5. The Hall–Kier alpha value is -3.12. The zero-order chi connectivity index (χ0) is 30.6. The quantitative estimate of drug-likeness (QED) is 0.249. The zero-order valence-electron chi connectivity index (χ0n) is 28.0. The monoisotopic (exact) mass is 568 g/mol. The maximum atomic E-state index is 4.53. The number of allylic oxidation sites excluding steroid dienone is 4. The lowest BCUT2D eigenvalue weighted by Gasteiger charge is -2.31. The van der Waals surface area contributed by atoms with E-state index in [9.17, 15) is 0 Å². The Morgan fingerprint density at radius 1 is 0.977 bits per heavy atom. The van der Waals surface area contributed by atoms with Gasteiger partial charge in [0, 0.05) is 11.8 Å². The molecule has 0 amide bonds. The van der Waals surface area contributed by atoms with Crippen molar-refractivity contribution in [2.45, 2.75) is 106 Å². The first-order chi connectivity index (χ1) is 20.4. The average molecular weight is 569 g/mol. The summed E-state index contributed by atoms with van der Waals surface area (Å²) >= 11 is 0. The van der Waals surface area contributed by atoms with Crippen LogP contribution in [0.3, 0.4) is 0 Å². The van der Waals surface area contributed by atoms with E-state index >= 15 is 0 Å². The maximum absolute atomic E-state index is 4.53. The van der Waals surface area contributed by atoms with Gasteiger partial charge in [0.25, 0.3) is 0 Å². The molecule has 0 N–H and O–H groups in total. The van der Waals surface area contributed by atoms with Crippen LogP contribution >= 0.6 is 0 Å². The fourth-order valence-electron chi connectivity index (χ4n) is 8.41. The first-order valence-corrected chi connectivity index (χ1v) is 16.9. The third-order valence-electron chi connectivity index (χ3n) is 10.7. The van der Waals surface area contributed by atoms with Crippen LogP contribution < -0.4 is 0 Å². The Labute approximate surface area is 262 Å². The summed E-state index contributed by atoms with van der Waals surface area (Å²) in [6.45, 7) is 23.1. The first kappa shape index (κ1) is 29.9. The second-order valence-corrected chi connectivity index (χ2v) is 15.4. The summed E-state index contributed by atoms with van der Waals surface area (Å²) in [6, 6.07) is 19.1. The molecule has 0 saturated heterocycles. The molecule has 1 saturated carbocycles. The molecular weight excluding hydrogens is 516 g/mol. The van der Waals surface area contributed by atoms with Gasteiger partial charge in [-0.3, -0.25) is 0 Å². The molecule has 43 heavy (non-hydrogen) atoms.